The van der Waals surface area contributed by atoms with Gasteiger partial charge in [-0.2, -0.15) is 5.10 Å². The van der Waals surface area contributed by atoms with Crippen LogP contribution in [0, 0.1) is 0 Å². The second kappa shape index (κ2) is 24.4. The summed E-state index contributed by atoms with van der Waals surface area (Å²) < 4.78 is 18.7. The maximum absolute atomic E-state index is 12.9. The number of esters is 2. The molecule has 1 aliphatic rings. The molecule has 0 spiro atoms. The van der Waals surface area contributed by atoms with Gasteiger partial charge in [-0.3, -0.25) is 14.4 Å². The van der Waals surface area contributed by atoms with E-state index in [1.165, 1.54) is 114 Å². The Labute approximate surface area is 293 Å². The molecule has 11 heteroatoms. The van der Waals surface area contributed by atoms with Gasteiger partial charge < -0.3 is 24.3 Å². The van der Waals surface area contributed by atoms with E-state index in [1.807, 2.05) is 0 Å². The van der Waals surface area contributed by atoms with Gasteiger partial charge in [0.15, 0.2) is 18.0 Å². The smallest absolute Gasteiger partial charge is 0.306 e. The second-order valence-corrected chi connectivity index (χ2v) is 13.8. The van der Waals surface area contributed by atoms with Crippen molar-refractivity contribution in [2.75, 3.05) is 6.61 Å². The number of hydrogen-bond acceptors (Lipinski definition) is 9. The number of carbonyl (C=O) groups excluding carboxylic acids is 2. The molecule has 0 aliphatic carbocycles. The minimum atomic E-state index is -1.26. The van der Waals surface area contributed by atoms with Gasteiger partial charge in [0.05, 0.1) is 12.5 Å². The highest BCUT2D eigenvalue weighted by atomic mass is 16.6. The molecule has 0 saturated carbocycles. The quantitative estimate of drug-likeness (QED) is 0.0667. The summed E-state index contributed by atoms with van der Waals surface area (Å²) in [5, 5.41) is 15.7. The van der Waals surface area contributed by atoms with E-state index in [4.69, 9.17) is 14.2 Å². The molecular formula is C38H64N4O7. The number of aromatic nitrogens is 4. The molecule has 11 nitrogen and oxygen atoms in total. The lowest BCUT2D eigenvalue weighted by Crippen LogP contribution is -2.38. The average Bonchev–Trinajstić information content (AvgIpc) is 3.66. The molecule has 4 atom stereocenters. The summed E-state index contributed by atoms with van der Waals surface area (Å²) in [5.74, 6) is -0.789. The Bertz CT molecular complexity index is 1250. The number of nitrogens with zero attached hydrogens (tertiary/aromatic N) is 3. The molecule has 49 heavy (non-hydrogen) atoms. The fourth-order valence-electron chi connectivity index (χ4n) is 6.57. The van der Waals surface area contributed by atoms with Crippen LogP contribution in [0.15, 0.2) is 17.3 Å². The SMILES string of the molecule is CCCCCCCCCCCCCC(=O)OC[C@H]1O[C@@H](n2ncc3c(=O)[nH]cnc32)[C@H](OC(=O)CCCCCCCCCCCCC)[C@@H]1O. The van der Waals surface area contributed by atoms with Crippen LogP contribution in [0.4, 0.5) is 0 Å². The zero-order valence-electron chi connectivity index (χ0n) is 30.4. The molecule has 3 heterocycles. The fraction of sp³-hybridized carbons (Fsp3) is 0.816. The van der Waals surface area contributed by atoms with Gasteiger partial charge in [-0.05, 0) is 12.8 Å². The standard InChI is InChI=1S/C38H64N4O7/c1-3-5-7-9-11-13-15-17-19-21-23-25-32(43)47-28-31-34(45)35(38(48-31)42-36-30(27-41-42)37(46)40-29-39-36)49-33(44)26-24-22-20-18-16-14-12-10-8-6-4-2/h27,29,31,34-35,38,45H,3-26,28H2,1-2H3,(H,39,40,46)/t31-,34-,35-,38-/m1/s1. The first kappa shape index (κ1) is 40.6. The van der Waals surface area contributed by atoms with Crippen molar-refractivity contribution in [3.8, 4) is 0 Å². The molecule has 0 aromatic carbocycles. The predicted molar refractivity (Wildman–Crippen MR) is 191 cm³/mol. The van der Waals surface area contributed by atoms with Crippen LogP contribution in [-0.2, 0) is 23.8 Å². The van der Waals surface area contributed by atoms with Crippen molar-refractivity contribution in [1.82, 2.24) is 19.7 Å². The second-order valence-electron chi connectivity index (χ2n) is 13.8. The molecule has 2 aromatic rings. The van der Waals surface area contributed by atoms with Crippen LogP contribution < -0.4 is 5.56 Å². The predicted octanol–water partition coefficient (Wildman–Crippen LogP) is 8.24. The molecule has 0 amide bonds. The number of aromatic amines is 1. The largest absolute Gasteiger partial charge is 0.463 e. The number of rotatable bonds is 28. The Balaban J connectivity index is 1.42. The lowest BCUT2D eigenvalue weighted by atomic mass is 10.1. The Morgan fingerprint density at radius 3 is 1.80 bits per heavy atom. The van der Waals surface area contributed by atoms with Crippen LogP contribution in [0.2, 0.25) is 0 Å². The normalized spacial score (nSPS) is 19.1. The molecule has 1 fully saturated rings. The van der Waals surface area contributed by atoms with Crippen LogP contribution in [0.3, 0.4) is 0 Å². The first-order chi connectivity index (χ1) is 24.0. The first-order valence-corrected chi connectivity index (χ1v) is 19.6. The fourth-order valence-corrected chi connectivity index (χ4v) is 6.57. The van der Waals surface area contributed by atoms with Gasteiger partial charge in [-0.25, -0.2) is 9.67 Å². The van der Waals surface area contributed by atoms with Crippen LogP contribution in [-0.4, -0.2) is 61.7 Å². The molecule has 2 N–H and O–H groups in total. The highest BCUT2D eigenvalue weighted by molar-refractivity contribution is 5.73. The summed E-state index contributed by atoms with van der Waals surface area (Å²) in [6.45, 7) is 4.28. The number of nitrogens with one attached hydrogen (secondary N) is 1. The number of aliphatic hydroxyl groups excluding tert-OH is 1. The third-order valence-corrected chi connectivity index (χ3v) is 9.60. The van der Waals surface area contributed by atoms with Crippen molar-refractivity contribution < 1.29 is 28.9 Å². The minimum Gasteiger partial charge on any atom is -0.463 e. The lowest BCUT2D eigenvalue weighted by molar-refractivity contribution is -0.159. The number of aliphatic hydroxyl groups is 1. The van der Waals surface area contributed by atoms with E-state index in [-0.39, 0.29) is 35.6 Å². The van der Waals surface area contributed by atoms with E-state index < -0.39 is 30.5 Å². The van der Waals surface area contributed by atoms with Crippen molar-refractivity contribution in [2.24, 2.45) is 0 Å². The van der Waals surface area contributed by atoms with Gasteiger partial charge in [0.1, 0.15) is 24.2 Å². The molecule has 0 bridgehead atoms. The topological polar surface area (TPSA) is 146 Å². The van der Waals surface area contributed by atoms with Crippen molar-refractivity contribution in [2.45, 2.75) is 192 Å². The molecule has 1 aliphatic heterocycles. The summed E-state index contributed by atoms with van der Waals surface area (Å²) >= 11 is 0. The van der Waals surface area contributed by atoms with Crippen LogP contribution in [0.25, 0.3) is 11.0 Å². The Morgan fingerprint density at radius 2 is 1.27 bits per heavy atom. The van der Waals surface area contributed by atoms with Crippen LogP contribution >= 0.6 is 0 Å². The van der Waals surface area contributed by atoms with E-state index in [2.05, 4.69) is 28.9 Å². The maximum atomic E-state index is 12.9. The van der Waals surface area contributed by atoms with E-state index in [9.17, 15) is 19.5 Å². The number of unbranched alkanes of at least 4 members (excludes halogenated alkanes) is 20. The third-order valence-electron chi connectivity index (χ3n) is 9.60. The van der Waals surface area contributed by atoms with Crippen molar-refractivity contribution in [1.29, 1.82) is 0 Å². The third kappa shape index (κ3) is 14.9. The number of carbonyl (C=O) groups is 2. The zero-order valence-corrected chi connectivity index (χ0v) is 30.4. The first-order valence-electron chi connectivity index (χ1n) is 19.6. The molecular weight excluding hydrogens is 624 g/mol. The summed E-state index contributed by atoms with van der Waals surface area (Å²) in [6.07, 6.45) is 24.9. The van der Waals surface area contributed by atoms with Crippen LogP contribution in [0.1, 0.15) is 174 Å². The van der Waals surface area contributed by atoms with Gasteiger partial charge in [0, 0.05) is 12.8 Å². The Kier molecular flexibility index (Phi) is 20.2. The average molecular weight is 689 g/mol. The van der Waals surface area contributed by atoms with Gasteiger partial charge in [0.25, 0.3) is 5.56 Å². The number of fused-ring (bicyclic) bond motifs is 1. The Morgan fingerprint density at radius 1 is 0.776 bits per heavy atom. The van der Waals surface area contributed by atoms with Crippen molar-refractivity contribution in [3.63, 3.8) is 0 Å². The highest BCUT2D eigenvalue weighted by Gasteiger charge is 2.48. The monoisotopic (exact) mass is 688 g/mol. The van der Waals surface area contributed by atoms with E-state index >= 15 is 0 Å². The number of ether oxygens (including phenoxy) is 3. The van der Waals surface area contributed by atoms with Crippen LogP contribution in [0.5, 0.6) is 0 Å². The summed E-state index contributed by atoms with van der Waals surface area (Å²) in [7, 11) is 0. The van der Waals surface area contributed by atoms with Gasteiger partial charge in [-0.15, -0.1) is 0 Å². The number of hydrogen-bond donors (Lipinski definition) is 2. The number of H-pyrrole nitrogens is 1. The van der Waals surface area contributed by atoms with E-state index in [0.29, 0.717) is 12.8 Å². The lowest BCUT2D eigenvalue weighted by Gasteiger charge is -2.21. The summed E-state index contributed by atoms with van der Waals surface area (Å²) in [5.41, 5.74) is -0.130. The van der Waals surface area contributed by atoms with Crippen molar-refractivity contribution in [3.05, 3.63) is 22.9 Å². The van der Waals surface area contributed by atoms with E-state index in [0.717, 1.165) is 38.5 Å². The molecule has 2 aromatic heterocycles. The Hall–Kier alpha value is -2.79. The minimum absolute atomic E-state index is 0.186. The molecule has 3 rings (SSSR count). The van der Waals surface area contributed by atoms with E-state index in [1.54, 1.807) is 0 Å². The van der Waals surface area contributed by atoms with Crippen molar-refractivity contribution >= 4 is 23.0 Å². The van der Waals surface area contributed by atoms with Gasteiger partial charge in [-0.1, -0.05) is 142 Å². The summed E-state index contributed by atoms with van der Waals surface area (Å²) in [6, 6.07) is 0. The molecule has 1 saturated heterocycles. The van der Waals surface area contributed by atoms with Gasteiger partial charge >= 0.3 is 11.9 Å². The molecule has 278 valence electrons. The molecule has 0 unspecified atom stereocenters. The molecule has 0 radical (unpaired) electrons. The summed E-state index contributed by atoms with van der Waals surface area (Å²) in [4.78, 5) is 44.5. The van der Waals surface area contributed by atoms with Gasteiger partial charge in [0.2, 0.25) is 0 Å². The maximum Gasteiger partial charge on any atom is 0.306 e. The zero-order chi connectivity index (χ0) is 35.1. The highest BCUT2D eigenvalue weighted by Crippen LogP contribution is 2.33.